The van der Waals surface area contributed by atoms with Crippen molar-refractivity contribution in [3.8, 4) is 0 Å². The summed E-state index contributed by atoms with van der Waals surface area (Å²) in [5.74, 6) is 0. The van der Waals surface area contributed by atoms with Crippen LogP contribution in [-0.2, 0) is 47.0 Å². The maximum absolute atomic E-state index is 8.88. The molecule has 0 amide bonds. The molecule has 0 aromatic carbocycles. The minimum absolute atomic E-state index is 0. The van der Waals surface area contributed by atoms with Crippen LogP contribution in [0.15, 0.2) is 0 Å². The topological polar surface area (TPSA) is 227 Å². The molecule has 7 N–H and O–H groups in total. The molecule has 0 fully saturated rings. The van der Waals surface area contributed by atoms with E-state index >= 15 is 0 Å². The van der Waals surface area contributed by atoms with Crippen molar-refractivity contribution in [3.05, 3.63) is 0 Å². The number of phosphoric acid groups is 1. The quantitative estimate of drug-likeness (QED) is 0.145. The fraction of sp³-hybridized carbons (Fsp3) is 0. The summed E-state index contributed by atoms with van der Waals surface area (Å²) >= 11 is -10.5. The predicted octanol–water partition coefficient (Wildman–Crippen LogP) is -9.40. The Bertz CT molecular complexity index is 339. The first kappa shape index (κ1) is 32.4. The van der Waals surface area contributed by atoms with Crippen LogP contribution in [0.25, 0.3) is 0 Å². The Morgan fingerprint density at radius 1 is 0.706 bits per heavy atom. The van der Waals surface area contributed by atoms with E-state index in [0.717, 1.165) is 0 Å². The number of rotatable bonds is 0. The van der Waals surface area contributed by atoms with Gasteiger partial charge in [-0.1, -0.05) is 0 Å². The summed E-state index contributed by atoms with van der Waals surface area (Å²) in [4.78, 5) is 21.6. The average Bonchev–Trinajstić information content (AvgIpc) is 1.41. The van der Waals surface area contributed by atoms with Gasteiger partial charge in [-0.3, -0.25) is 0 Å². The normalized spacial score (nSPS) is 10.3. The van der Waals surface area contributed by atoms with Crippen LogP contribution in [0.3, 0.4) is 0 Å². The molecule has 0 radical (unpaired) electrons. The summed E-state index contributed by atoms with van der Waals surface area (Å²) in [5.41, 5.74) is 0. The van der Waals surface area contributed by atoms with Crippen molar-refractivity contribution >= 4 is 7.82 Å². The first-order valence-corrected chi connectivity index (χ1v) is 8.11. The fourth-order valence-electron chi connectivity index (χ4n) is 0. The number of hydrogen-bond acceptors (Lipinski definition) is 5. The van der Waals surface area contributed by atoms with Crippen LogP contribution in [0.2, 0.25) is 0 Å². The van der Waals surface area contributed by atoms with Gasteiger partial charge in [0, 0.05) is 0 Å². The van der Waals surface area contributed by atoms with Crippen LogP contribution in [0.4, 0.5) is 0 Å². The van der Waals surface area contributed by atoms with Gasteiger partial charge in [0.1, 0.15) is 0 Å². The maximum atomic E-state index is 8.88. The van der Waals surface area contributed by atoms with E-state index in [1.807, 2.05) is 0 Å². The van der Waals surface area contributed by atoms with E-state index in [2.05, 4.69) is 0 Å². The van der Waals surface area contributed by atoms with E-state index in [1.54, 1.807) is 0 Å². The van der Waals surface area contributed by atoms with Gasteiger partial charge in [0.2, 0.25) is 0 Å². The summed E-state index contributed by atoms with van der Waals surface area (Å²) < 4.78 is 72.6. The standard InChI is InChI=1S/2Cr.2K.H3O4P.4H2O.4O.2H/c;;;;1-5(2,3)4;;;;;;;;;;/h;;;;(H3,1,2,3,4);4*1H2;;;;;;/q2*+2;2*+1;;;;;;;;;;2*-1/p-4. The van der Waals surface area contributed by atoms with Crippen molar-refractivity contribution in [2.45, 2.75) is 0 Å². The van der Waals surface area contributed by atoms with Crippen molar-refractivity contribution in [1.82, 2.24) is 0 Å². The van der Waals surface area contributed by atoms with Crippen LogP contribution in [0.1, 0.15) is 2.85 Å². The van der Waals surface area contributed by atoms with Crippen LogP contribution < -0.4 is 103 Å². The van der Waals surface area contributed by atoms with Crippen LogP contribution in [0.5, 0.6) is 0 Å². The van der Waals surface area contributed by atoms with Gasteiger partial charge in [-0.2, -0.15) is 0 Å². The Morgan fingerprint density at radius 3 is 0.706 bits per heavy atom. The monoisotopic (exact) mass is 414 g/mol. The van der Waals surface area contributed by atoms with Gasteiger partial charge in [0.05, 0.1) is 0 Å². The molecular formula is H9Cr2K2O12P. The van der Waals surface area contributed by atoms with Crippen molar-refractivity contribution < 1.29 is 184 Å². The Labute approximate surface area is 187 Å². The van der Waals surface area contributed by atoms with Crippen molar-refractivity contribution in [3.63, 3.8) is 0 Å². The summed E-state index contributed by atoms with van der Waals surface area (Å²) in [6.45, 7) is 0. The zero-order valence-corrected chi connectivity index (χ0v) is 18.1. The second-order valence-corrected chi connectivity index (χ2v) is 5.23. The average molecular weight is 414 g/mol. The van der Waals surface area contributed by atoms with Crippen molar-refractivity contribution in [1.29, 1.82) is 0 Å². The van der Waals surface area contributed by atoms with Gasteiger partial charge >= 0.3 is 170 Å². The molecule has 0 aromatic heterocycles. The molecule has 0 saturated heterocycles. The van der Waals surface area contributed by atoms with Gasteiger partial charge < -0.3 is 17.5 Å². The van der Waals surface area contributed by atoms with Crippen molar-refractivity contribution in [2.24, 2.45) is 0 Å². The van der Waals surface area contributed by atoms with Crippen LogP contribution in [0, 0.1) is 0 Å². The molecule has 0 heterocycles. The fourth-order valence-corrected chi connectivity index (χ4v) is 0. The minimum atomic E-state index is -5.25. The molecule has 0 rings (SSSR count). The molecule has 0 aromatic rings. The molecule has 0 aliphatic heterocycles. The third-order valence-corrected chi connectivity index (χ3v) is 0. The zero-order valence-electron chi connectivity index (χ0n) is 10.4. The van der Waals surface area contributed by atoms with E-state index in [-0.39, 0.29) is 106 Å². The molecule has 0 spiro atoms. The van der Waals surface area contributed by atoms with Crippen LogP contribution in [-0.4, -0.2) is 31.3 Å². The second kappa shape index (κ2) is 14.4. The Hall–Kier alpha value is 3.49. The predicted molar refractivity (Wildman–Crippen MR) is 28.1 cm³/mol. The summed E-state index contributed by atoms with van der Waals surface area (Å²) in [6, 6.07) is 0. The number of hydrogen-bond donors (Lipinski definition) is 7. The van der Waals surface area contributed by atoms with E-state index in [9.17, 15) is 0 Å². The van der Waals surface area contributed by atoms with Crippen LogP contribution >= 0.6 is 7.82 Å². The molecule has 0 saturated carbocycles. The molecule has 0 aliphatic rings. The Kier molecular flexibility index (Phi) is 27.5. The molecule has 100 valence electrons. The summed E-state index contributed by atoms with van der Waals surface area (Å²) in [7, 11) is -4.64. The third kappa shape index (κ3) is 490. The third-order valence-electron chi connectivity index (χ3n) is 0. The molecule has 17 heteroatoms. The van der Waals surface area contributed by atoms with E-state index in [1.165, 1.54) is 0 Å². The van der Waals surface area contributed by atoms with Crippen molar-refractivity contribution in [2.75, 3.05) is 0 Å². The first-order valence-electron chi connectivity index (χ1n) is 2.18. The van der Waals surface area contributed by atoms with Gasteiger partial charge in [0.15, 0.2) is 0 Å². The van der Waals surface area contributed by atoms with Gasteiger partial charge in [-0.25, -0.2) is 4.57 Å². The molecule has 0 aliphatic carbocycles. The van der Waals surface area contributed by atoms with E-state index in [4.69, 9.17) is 51.1 Å². The van der Waals surface area contributed by atoms with Gasteiger partial charge in [-0.15, -0.1) is 0 Å². The SMILES string of the molecule is O=P(O)(O)O.[H-].[H-].[K+].[K+].[O]=[Cr](=[O])([OH])[OH].[O]=[Cr](=[O])([OH])[OH]. The second-order valence-electron chi connectivity index (χ2n) is 1.41. The first-order chi connectivity index (χ1) is 6.00. The van der Waals surface area contributed by atoms with E-state index < -0.39 is 35.1 Å². The molecular weight excluding hydrogens is 405 g/mol. The summed E-state index contributed by atoms with van der Waals surface area (Å²) in [5, 5.41) is 0. The molecule has 0 atom stereocenters. The van der Waals surface area contributed by atoms with Gasteiger partial charge in [0.25, 0.3) is 0 Å². The summed E-state index contributed by atoms with van der Waals surface area (Å²) in [6.07, 6.45) is 0. The molecule has 0 bridgehead atoms. The molecule has 0 unspecified atom stereocenters. The Balaban J connectivity index is -0.0000000206. The van der Waals surface area contributed by atoms with Gasteiger partial charge in [-0.05, 0) is 0 Å². The molecule has 17 heavy (non-hydrogen) atoms. The Morgan fingerprint density at radius 2 is 0.706 bits per heavy atom. The zero-order chi connectivity index (χ0) is 13.5. The van der Waals surface area contributed by atoms with E-state index in [0.29, 0.717) is 0 Å². The molecule has 12 nitrogen and oxygen atoms in total.